The summed E-state index contributed by atoms with van der Waals surface area (Å²) in [6.07, 6.45) is 0. The van der Waals surface area contributed by atoms with E-state index in [0.717, 1.165) is 56.3 Å². The Morgan fingerprint density at radius 1 is 1.25 bits per heavy atom. The van der Waals surface area contributed by atoms with Crippen molar-refractivity contribution >= 4 is 5.91 Å². The molecule has 2 aliphatic heterocycles. The molecule has 1 amide bonds. The first-order valence-electron chi connectivity index (χ1n) is 9.00. The van der Waals surface area contributed by atoms with Crippen molar-refractivity contribution in [3.05, 3.63) is 17.0 Å². The summed E-state index contributed by atoms with van der Waals surface area (Å²) >= 11 is 0. The molecule has 3 unspecified atom stereocenters. The number of ether oxygens (including phenoxy) is 1. The molecule has 134 valence electrons. The maximum absolute atomic E-state index is 13.1. The number of nitrogens with zero attached hydrogens (tertiary/aromatic N) is 4. The third kappa shape index (κ3) is 3.09. The third-order valence-corrected chi connectivity index (χ3v) is 5.77. The van der Waals surface area contributed by atoms with Crippen molar-refractivity contribution in [1.82, 2.24) is 19.6 Å². The van der Waals surface area contributed by atoms with E-state index in [1.807, 2.05) is 32.5 Å². The minimum Gasteiger partial charge on any atom is -0.379 e. The number of rotatable bonds is 3. The number of likely N-dealkylation sites (tertiary alicyclic amines) is 1. The van der Waals surface area contributed by atoms with Crippen molar-refractivity contribution in [2.45, 2.75) is 39.7 Å². The van der Waals surface area contributed by atoms with Gasteiger partial charge in [-0.3, -0.25) is 14.4 Å². The number of aromatic nitrogens is 2. The Bertz CT molecular complexity index is 606. The SMILES string of the molecule is Cc1nn(C)c(C)c1C(C)C(=O)N1CC(C)C(N2CCOCC2)C1. The highest BCUT2D eigenvalue weighted by Crippen LogP contribution is 2.29. The van der Waals surface area contributed by atoms with Crippen molar-refractivity contribution < 1.29 is 9.53 Å². The summed E-state index contributed by atoms with van der Waals surface area (Å²) in [5, 5.41) is 4.47. The van der Waals surface area contributed by atoms with Gasteiger partial charge < -0.3 is 9.64 Å². The highest BCUT2D eigenvalue weighted by molar-refractivity contribution is 5.84. The second kappa shape index (κ2) is 6.84. The number of amides is 1. The van der Waals surface area contributed by atoms with E-state index in [9.17, 15) is 4.79 Å². The van der Waals surface area contributed by atoms with Gasteiger partial charge in [0.15, 0.2) is 0 Å². The van der Waals surface area contributed by atoms with Gasteiger partial charge in [-0.15, -0.1) is 0 Å². The van der Waals surface area contributed by atoms with Crippen molar-refractivity contribution in [1.29, 1.82) is 0 Å². The fourth-order valence-electron chi connectivity index (χ4n) is 4.33. The Balaban J connectivity index is 1.71. The molecule has 3 atom stereocenters. The highest BCUT2D eigenvalue weighted by atomic mass is 16.5. The summed E-state index contributed by atoms with van der Waals surface area (Å²) in [5.74, 6) is 0.612. The van der Waals surface area contributed by atoms with Crippen molar-refractivity contribution in [2.75, 3.05) is 39.4 Å². The molecule has 1 aromatic rings. The van der Waals surface area contributed by atoms with Crippen LogP contribution in [0.3, 0.4) is 0 Å². The largest absolute Gasteiger partial charge is 0.379 e. The molecule has 0 aromatic carbocycles. The molecular weight excluding hydrogens is 304 g/mol. The van der Waals surface area contributed by atoms with Crippen LogP contribution in [0.25, 0.3) is 0 Å². The lowest BCUT2D eigenvalue weighted by Gasteiger charge is -2.34. The molecule has 2 saturated heterocycles. The van der Waals surface area contributed by atoms with Crippen LogP contribution in [0.2, 0.25) is 0 Å². The maximum atomic E-state index is 13.1. The monoisotopic (exact) mass is 334 g/mol. The zero-order chi connectivity index (χ0) is 17.4. The summed E-state index contributed by atoms with van der Waals surface area (Å²) in [6, 6.07) is 0.459. The Kier molecular flexibility index (Phi) is 4.97. The topological polar surface area (TPSA) is 50.6 Å². The number of aryl methyl sites for hydroxylation is 2. The number of carbonyl (C=O) groups is 1. The second-order valence-corrected chi connectivity index (χ2v) is 7.37. The van der Waals surface area contributed by atoms with Crippen LogP contribution in [0.5, 0.6) is 0 Å². The van der Waals surface area contributed by atoms with E-state index >= 15 is 0 Å². The van der Waals surface area contributed by atoms with Crippen LogP contribution < -0.4 is 0 Å². The van der Waals surface area contributed by atoms with E-state index in [2.05, 4.69) is 21.8 Å². The van der Waals surface area contributed by atoms with E-state index in [4.69, 9.17) is 4.74 Å². The average molecular weight is 334 g/mol. The molecule has 0 saturated carbocycles. The lowest BCUT2D eigenvalue weighted by Crippen LogP contribution is -2.47. The molecule has 3 rings (SSSR count). The molecule has 0 N–H and O–H groups in total. The van der Waals surface area contributed by atoms with Gasteiger partial charge in [-0.05, 0) is 26.7 Å². The van der Waals surface area contributed by atoms with Gasteiger partial charge in [-0.1, -0.05) is 6.92 Å². The third-order valence-electron chi connectivity index (χ3n) is 5.77. The van der Waals surface area contributed by atoms with Crippen LogP contribution in [0.4, 0.5) is 0 Å². The summed E-state index contributed by atoms with van der Waals surface area (Å²) in [6.45, 7) is 13.6. The molecular formula is C18H30N4O2. The van der Waals surface area contributed by atoms with Gasteiger partial charge in [-0.25, -0.2) is 0 Å². The van der Waals surface area contributed by atoms with Crippen molar-refractivity contribution in [3.8, 4) is 0 Å². The minimum atomic E-state index is -0.130. The summed E-state index contributed by atoms with van der Waals surface area (Å²) in [7, 11) is 1.94. The van der Waals surface area contributed by atoms with Gasteiger partial charge in [0, 0.05) is 50.5 Å². The maximum Gasteiger partial charge on any atom is 0.230 e. The van der Waals surface area contributed by atoms with Crippen molar-refractivity contribution in [2.24, 2.45) is 13.0 Å². The first kappa shape index (κ1) is 17.4. The first-order valence-corrected chi connectivity index (χ1v) is 9.00. The lowest BCUT2D eigenvalue weighted by molar-refractivity contribution is -0.131. The van der Waals surface area contributed by atoms with E-state index in [0.29, 0.717) is 12.0 Å². The number of carbonyl (C=O) groups excluding carboxylic acids is 1. The van der Waals surface area contributed by atoms with Crippen LogP contribution in [0.15, 0.2) is 0 Å². The zero-order valence-electron chi connectivity index (χ0n) is 15.6. The Morgan fingerprint density at radius 3 is 2.50 bits per heavy atom. The Morgan fingerprint density at radius 2 is 1.92 bits per heavy atom. The van der Waals surface area contributed by atoms with Gasteiger partial charge in [0.25, 0.3) is 0 Å². The quantitative estimate of drug-likeness (QED) is 0.837. The van der Waals surface area contributed by atoms with Gasteiger partial charge in [0.1, 0.15) is 0 Å². The Hall–Kier alpha value is -1.40. The van der Waals surface area contributed by atoms with Crippen LogP contribution in [-0.2, 0) is 16.6 Å². The summed E-state index contributed by atoms with van der Waals surface area (Å²) in [5.41, 5.74) is 3.14. The predicted octanol–water partition coefficient (Wildman–Crippen LogP) is 1.32. The molecule has 24 heavy (non-hydrogen) atoms. The van der Waals surface area contributed by atoms with Gasteiger partial charge in [0.2, 0.25) is 5.91 Å². The lowest BCUT2D eigenvalue weighted by atomic mass is 9.98. The molecule has 0 radical (unpaired) electrons. The van der Waals surface area contributed by atoms with Gasteiger partial charge >= 0.3 is 0 Å². The summed E-state index contributed by atoms with van der Waals surface area (Å²) < 4.78 is 7.33. The van der Waals surface area contributed by atoms with Crippen LogP contribution in [0, 0.1) is 19.8 Å². The molecule has 6 heteroatoms. The molecule has 0 bridgehead atoms. The van der Waals surface area contributed by atoms with Crippen LogP contribution in [-0.4, -0.2) is 70.9 Å². The molecule has 3 heterocycles. The fourth-order valence-corrected chi connectivity index (χ4v) is 4.33. The van der Waals surface area contributed by atoms with Gasteiger partial charge in [0.05, 0.1) is 24.8 Å². The minimum absolute atomic E-state index is 0.130. The number of hydrogen-bond donors (Lipinski definition) is 0. The fraction of sp³-hybridized carbons (Fsp3) is 0.778. The molecule has 0 spiro atoms. The van der Waals surface area contributed by atoms with Crippen LogP contribution >= 0.6 is 0 Å². The predicted molar refractivity (Wildman–Crippen MR) is 93.0 cm³/mol. The Labute approximate surface area is 144 Å². The van der Waals surface area contributed by atoms with Gasteiger partial charge in [-0.2, -0.15) is 5.10 Å². The van der Waals surface area contributed by atoms with E-state index in [-0.39, 0.29) is 11.8 Å². The molecule has 6 nitrogen and oxygen atoms in total. The number of morpholine rings is 1. The molecule has 1 aromatic heterocycles. The standard InChI is InChI=1S/C18H30N4O2/c1-12-10-22(11-16(12)21-6-8-24-9-7-21)18(23)13(2)17-14(3)19-20(5)15(17)4/h12-13,16H,6-11H2,1-5H3. The smallest absolute Gasteiger partial charge is 0.230 e. The van der Waals surface area contributed by atoms with Crippen molar-refractivity contribution in [3.63, 3.8) is 0 Å². The van der Waals surface area contributed by atoms with Crippen LogP contribution in [0.1, 0.15) is 36.7 Å². The first-order chi connectivity index (χ1) is 11.4. The second-order valence-electron chi connectivity index (χ2n) is 7.37. The average Bonchev–Trinajstić information content (AvgIpc) is 3.07. The molecule has 2 fully saturated rings. The molecule has 0 aliphatic carbocycles. The number of hydrogen-bond acceptors (Lipinski definition) is 4. The van der Waals surface area contributed by atoms with E-state index in [1.54, 1.807) is 0 Å². The zero-order valence-corrected chi connectivity index (χ0v) is 15.6. The normalized spacial score (nSPS) is 26.8. The molecule has 2 aliphatic rings. The van der Waals surface area contributed by atoms with E-state index < -0.39 is 0 Å². The summed E-state index contributed by atoms with van der Waals surface area (Å²) in [4.78, 5) is 17.6. The highest BCUT2D eigenvalue weighted by Gasteiger charge is 2.38. The van der Waals surface area contributed by atoms with E-state index in [1.165, 1.54) is 0 Å².